The molecule has 0 radical (unpaired) electrons. The van der Waals surface area contributed by atoms with E-state index in [-0.39, 0.29) is 18.6 Å². The summed E-state index contributed by atoms with van der Waals surface area (Å²) in [6.45, 7) is 1.12. The van der Waals surface area contributed by atoms with Crippen molar-refractivity contribution in [3.63, 3.8) is 0 Å². The summed E-state index contributed by atoms with van der Waals surface area (Å²) in [5.74, 6) is 0.106. The minimum atomic E-state index is -3.29. The van der Waals surface area contributed by atoms with Gasteiger partial charge in [-0.1, -0.05) is 0 Å². The van der Waals surface area contributed by atoms with E-state index in [1.165, 1.54) is 4.31 Å². The Bertz CT molecular complexity index is 313. The first kappa shape index (κ1) is 11.3. The van der Waals surface area contributed by atoms with Crippen molar-refractivity contribution >= 4 is 10.2 Å². The van der Waals surface area contributed by atoms with Crippen LogP contribution in [0.25, 0.3) is 0 Å². The van der Waals surface area contributed by atoms with Crippen LogP contribution in [-0.2, 0) is 10.2 Å². The third kappa shape index (κ3) is 2.90. The summed E-state index contributed by atoms with van der Waals surface area (Å²) >= 11 is 0. The number of piperidine rings is 1. The van der Waals surface area contributed by atoms with Crippen LogP contribution < -0.4 is 4.72 Å². The van der Waals surface area contributed by atoms with Crippen molar-refractivity contribution in [2.45, 2.75) is 31.7 Å². The largest absolute Gasteiger partial charge is 0.396 e. The van der Waals surface area contributed by atoms with Gasteiger partial charge in [-0.05, 0) is 31.6 Å². The van der Waals surface area contributed by atoms with Gasteiger partial charge in [-0.2, -0.15) is 17.4 Å². The second-order valence-corrected chi connectivity index (χ2v) is 6.15. The lowest BCUT2D eigenvalue weighted by atomic mass is 10.0. The standard InChI is InChI=1S/C9H18N2O3S/c12-7-8-2-1-5-11(6-8)15(13,14)10-9-3-4-9/h8-10,12H,1-7H2. The predicted octanol–water partition coefficient (Wildman–Crippen LogP) is -0.312. The van der Waals surface area contributed by atoms with Crippen LogP contribution >= 0.6 is 0 Å². The van der Waals surface area contributed by atoms with Crippen LogP contribution in [0.4, 0.5) is 0 Å². The fourth-order valence-electron chi connectivity index (χ4n) is 1.88. The zero-order valence-electron chi connectivity index (χ0n) is 8.72. The van der Waals surface area contributed by atoms with Gasteiger partial charge in [0.15, 0.2) is 0 Å². The molecule has 1 heterocycles. The van der Waals surface area contributed by atoms with Gasteiger partial charge in [0.2, 0.25) is 0 Å². The number of hydrogen-bond acceptors (Lipinski definition) is 3. The van der Waals surface area contributed by atoms with E-state index in [0.29, 0.717) is 13.1 Å². The lowest BCUT2D eigenvalue weighted by Gasteiger charge is -2.30. The van der Waals surface area contributed by atoms with Crippen LogP contribution in [-0.4, -0.2) is 43.6 Å². The summed E-state index contributed by atoms with van der Waals surface area (Å²) in [4.78, 5) is 0. The van der Waals surface area contributed by atoms with Crippen LogP contribution in [0.2, 0.25) is 0 Å². The molecule has 2 N–H and O–H groups in total. The number of hydrogen-bond donors (Lipinski definition) is 2. The first-order valence-electron chi connectivity index (χ1n) is 5.50. The highest BCUT2D eigenvalue weighted by Crippen LogP contribution is 2.23. The molecule has 1 saturated heterocycles. The molecule has 0 aromatic carbocycles. The Kier molecular flexibility index (Phi) is 3.30. The normalized spacial score (nSPS) is 29.3. The van der Waals surface area contributed by atoms with Crippen LogP contribution in [0.15, 0.2) is 0 Å². The Hall–Kier alpha value is -0.170. The maximum atomic E-state index is 11.8. The Morgan fingerprint density at radius 3 is 2.67 bits per heavy atom. The molecular formula is C9H18N2O3S. The highest BCUT2D eigenvalue weighted by Gasteiger charge is 2.33. The van der Waals surface area contributed by atoms with E-state index >= 15 is 0 Å². The number of rotatable bonds is 4. The SMILES string of the molecule is O=S(=O)(NC1CC1)N1CCCC(CO)C1. The summed E-state index contributed by atoms with van der Waals surface area (Å²) in [6, 6.07) is 0.157. The summed E-state index contributed by atoms with van der Waals surface area (Å²) in [7, 11) is -3.29. The van der Waals surface area contributed by atoms with Gasteiger partial charge in [-0.15, -0.1) is 0 Å². The van der Waals surface area contributed by atoms with Gasteiger partial charge >= 0.3 is 0 Å². The molecular weight excluding hydrogens is 216 g/mol. The molecule has 1 unspecified atom stereocenters. The Labute approximate surface area is 90.6 Å². The number of nitrogens with one attached hydrogen (secondary N) is 1. The van der Waals surface area contributed by atoms with E-state index in [1.54, 1.807) is 0 Å². The van der Waals surface area contributed by atoms with Gasteiger partial charge in [0, 0.05) is 25.7 Å². The molecule has 2 aliphatic rings. The lowest BCUT2D eigenvalue weighted by molar-refractivity contribution is 0.164. The summed E-state index contributed by atoms with van der Waals surface area (Å²) in [5.41, 5.74) is 0. The van der Waals surface area contributed by atoms with Crippen LogP contribution in [0.1, 0.15) is 25.7 Å². The van der Waals surface area contributed by atoms with Gasteiger partial charge in [-0.3, -0.25) is 0 Å². The predicted molar refractivity (Wildman–Crippen MR) is 56.5 cm³/mol. The van der Waals surface area contributed by atoms with Crippen LogP contribution in [0.5, 0.6) is 0 Å². The monoisotopic (exact) mass is 234 g/mol. The molecule has 0 aromatic heterocycles. The highest BCUT2D eigenvalue weighted by molar-refractivity contribution is 7.87. The van der Waals surface area contributed by atoms with E-state index < -0.39 is 10.2 Å². The van der Waals surface area contributed by atoms with Gasteiger partial charge in [0.25, 0.3) is 10.2 Å². The topological polar surface area (TPSA) is 69.6 Å². The molecule has 6 heteroatoms. The molecule has 0 spiro atoms. The second kappa shape index (κ2) is 4.37. The fraction of sp³-hybridized carbons (Fsp3) is 1.00. The van der Waals surface area contributed by atoms with Crippen LogP contribution in [0, 0.1) is 5.92 Å². The molecule has 1 aliphatic carbocycles. The minimum absolute atomic E-state index is 0.0788. The average Bonchev–Trinajstić information content (AvgIpc) is 3.01. The fourth-order valence-corrected chi connectivity index (χ4v) is 3.46. The molecule has 88 valence electrons. The van der Waals surface area contributed by atoms with Crippen molar-refractivity contribution in [1.82, 2.24) is 9.03 Å². The Morgan fingerprint density at radius 1 is 1.33 bits per heavy atom. The van der Waals surface area contributed by atoms with Crippen molar-refractivity contribution in [1.29, 1.82) is 0 Å². The first-order chi connectivity index (χ1) is 7.12. The Morgan fingerprint density at radius 2 is 2.07 bits per heavy atom. The van der Waals surface area contributed by atoms with E-state index in [1.807, 2.05) is 0 Å². The molecule has 1 aliphatic heterocycles. The van der Waals surface area contributed by atoms with Gasteiger partial charge < -0.3 is 5.11 Å². The molecule has 15 heavy (non-hydrogen) atoms. The third-order valence-electron chi connectivity index (χ3n) is 2.97. The molecule has 2 rings (SSSR count). The molecule has 2 fully saturated rings. The van der Waals surface area contributed by atoms with E-state index in [4.69, 9.17) is 5.11 Å². The lowest BCUT2D eigenvalue weighted by Crippen LogP contribution is -2.47. The van der Waals surface area contributed by atoms with Crippen LogP contribution in [0.3, 0.4) is 0 Å². The number of aliphatic hydroxyl groups excluding tert-OH is 1. The van der Waals surface area contributed by atoms with Crippen molar-refractivity contribution in [3.05, 3.63) is 0 Å². The second-order valence-electron chi connectivity index (χ2n) is 4.45. The number of nitrogens with zero attached hydrogens (tertiary/aromatic N) is 1. The molecule has 0 bridgehead atoms. The third-order valence-corrected chi connectivity index (χ3v) is 4.62. The van der Waals surface area contributed by atoms with E-state index in [9.17, 15) is 8.42 Å². The summed E-state index contributed by atoms with van der Waals surface area (Å²) < 4.78 is 27.8. The van der Waals surface area contributed by atoms with Gasteiger partial charge in [0.1, 0.15) is 0 Å². The Balaban J connectivity index is 1.95. The molecule has 5 nitrogen and oxygen atoms in total. The zero-order chi connectivity index (χ0) is 10.9. The smallest absolute Gasteiger partial charge is 0.279 e. The van der Waals surface area contributed by atoms with Gasteiger partial charge in [-0.25, -0.2) is 0 Å². The molecule has 1 atom stereocenters. The van der Waals surface area contributed by atoms with Crippen molar-refractivity contribution < 1.29 is 13.5 Å². The van der Waals surface area contributed by atoms with Crippen molar-refractivity contribution in [3.8, 4) is 0 Å². The molecule has 0 amide bonds. The van der Waals surface area contributed by atoms with E-state index in [0.717, 1.165) is 25.7 Å². The van der Waals surface area contributed by atoms with Crippen molar-refractivity contribution in [2.24, 2.45) is 5.92 Å². The zero-order valence-corrected chi connectivity index (χ0v) is 9.54. The number of aliphatic hydroxyl groups is 1. The maximum absolute atomic E-state index is 11.8. The molecule has 0 aromatic rings. The minimum Gasteiger partial charge on any atom is -0.396 e. The quantitative estimate of drug-likeness (QED) is 0.701. The summed E-state index contributed by atoms with van der Waals surface area (Å²) in [6.07, 6.45) is 3.68. The first-order valence-corrected chi connectivity index (χ1v) is 6.94. The summed E-state index contributed by atoms with van der Waals surface area (Å²) in [5, 5.41) is 9.03. The van der Waals surface area contributed by atoms with Crippen molar-refractivity contribution in [2.75, 3.05) is 19.7 Å². The molecule has 1 saturated carbocycles. The van der Waals surface area contributed by atoms with Gasteiger partial charge in [0.05, 0.1) is 0 Å². The average molecular weight is 234 g/mol. The maximum Gasteiger partial charge on any atom is 0.279 e. The van der Waals surface area contributed by atoms with E-state index in [2.05, 4.69) is 4.72 Å². The highest BCUT2D eigenvalue weighted by atomic mass is 32.2.